The van der Waals surface area contributed by atoms with E-state index >= 15 is 0 Å². The van der Waals surface area contributed by atoms with E-state index in [-0.39, 0.29) is 10.8 Å². The minimum atomic E-state index is -3.79. The summed E-state index contributed by atoms with van der Waals surface area (Å²) in [5.41, 5.74) is 1.96. The molecule has 3 aromatic carbocycles. The molecule has 3 aromatic rings. The summed E-state index contributed by atoms with van der Waals surface area (Å²) in [6.45, 7) is 1.21. The third-order valence-electron chi connectivity index (χ3n) is 5.31. The van der Waals surface area contributed by atoms with Gasteiger partial charge in [-0.2, -0.15) is 8.42 Å². The molecule has 1 saturated heterocycles. The van der Waals surface area contributed by atoms with Gasteiger partial charge < -0.3 is 15.0 Å². The minimum absolute atomic E-state index is 0.0876. The van der Waals surface area contributed by atoms with Crippen LogP contribution in [0.25, 0.3) is 0 Å². The molecule has 170 valence electrons. The highest BCUT2D eigenvalue weighted by Gasteiger charge is 2.20. The van der Waals surface area contributed by atoms with Crippen LogP contribution in [0.5, 0.6) is 5.75 Å². The number of anilines is 1. The number of rotatable bonds is 7. The molecule has 0 spiro atoms. The van der Waals surface area contributed by atoms with Crippen LogP contribution in [-0.2, 0) is 16.6 Å². The fraction of sp³-hybridized carbons (Fsp3) is 0.200. The van der Waals surface area contributed by atoms with Crippen molar-refractivity contribution in [2.75, 3.05) is 18.9 Å². The molecule has 8 heteroatoms. The van der Waals surface area contributed by atoms with Crippen molar-refractivity contribution in [1.82, 2.24) is 4.90 Å². The van der Waals surface area contributed by atoms with E-state index in [1.807, 2.05) is 42.3 Å². The van der Waals surface area contributed by atoms with Crippen molar-refractivity contribution >= 4 is 27.5 Å². The summed E-state index contributed by atoms with van der Waals surface area (Å²) >= 11 is 0. The van der Waals surface area contributed by atoms with Gasteiger partial charge in [0.1, 0.15) is 18.2 Å². The smallest absolute Gasteiger partial charge is 0.283 e. The normalized spacial score (nSPS) is 14.9. The number of benzene rings is 3. The van der Waals surface area contributed by atoms with Crippen LogP contribution in [-0.4, -0.2) is 38.7 Å². The second-order valence-electron chi connectivity index (χ2n) is 7.79. The van der Waals surface area contributed by atoms with Gasteiger partial charge in [-0.3, -0.25) is 4.79 Å². The Morgan fingerprint density at radius 3 is 2.48 bits per heavy atom. The molecule has 0 bridgehead atoms. The number of amidine groups is 1. The van der Waals surface area contributed by atoms with Crippen LogP contribution in [0.1, 0.15) is 28.8 Å². The minimum Gasteiger partial charge on any atom is -0.489 e. The maximum absolute atomic E-state index is 12.7. The number of nitrogens with zero attached hydrogens (tertiary/aromatic N) is 2. The zero-order valence-electron chi connectivity index (χ0n) is 18.3. The number of sulfonamides is 1. The first-order chi connectivity index (χ1) is 15.9. The van der Waals surface area contributed by atoms with Crippen LogP contribution >= 0.6 is 0 Å². The van der Waals surface area contributed by atoms with Gasteiger partial charge in [0.25, 0.3) is 15.9 Å². The van der Waals surface area contributed by atoms with E-state index in [1.165, 1.54) is 12.1 Å². The molecule has 0 aliphatic carbocycles. The molecule has 1 aliphatic heterocycles. The molecule has 1 amide bonds. The second-order valence-corrected chi connectivity index (χ2v) is 9.39. The van der Waals surface area contributed by atoms with Crippen molar-refractivity contribution in [3.63, 3.8) is 0 Å². The van der Waals surface area contributed by atoms with E-state index < -0.39 is 10.0 Å². The van der Waals surface area contributed by atoms with Gasteiger partial charge in [-0.05, 0) is 54.4 Å². The van der Waals surface area contributed by atoms with Gasteiger partial charge >= 0.3 is 0 Å². The van der Waals surface area contributed by atoms with E-state index in [1.54, 1.807) is 36.4 Å². The Bertz CT molecular complexity index is 1260. The van der Waals surface area contributed by atoms with Crippen LogP contribution in [0, 0.1) is 0 Å². The monoisotopic (exact) mass is 463 g/mol. The van der Waals surface area contributed by atoms with Gasteiger partial charge in [0.15, 0.2) is 0 Å². The second kappa shape index (κ2) is 9.87. The maximum Gasteiger partial charge on any atom is 0.283 e. The third-order valence-corrected chi connectivity index (χ3v) is 6.63. The number of hydrogen-bond donors (Lipinski definition) is 1. The SMILES string of the molecule is CN1CCCC1=NS(=O)(=O)c1ccc(NC(=O)c2cccc(OCc3ccccc3)c2)cc1. The van der Waals surface area contributed by atoms with Gasteiger partial charge in [-0.25, -0.2) is 0 Å². The van der Waals surface area contributed by atoms with E-state index in [4.69, 9.17) is 4.74 Å². The predicted octanol–water partition coefficient (Wildman–Crippen LogP) is 4.33. The number of nitrogens with one attached hydrogen (secondary N) is 1. The Labute approximate surface area is 193 Å². The van der Waals surface area contributed by atoms with Gasteiger partial charge in [0.05, 0.1) is 4.90 Å². The van der Waals surface area contributed by atoms with Crippen molar-refractivity contribution in [3.05, 3.63) is 90.0 Å². The number of hydrogen-bond acceptors (Lipinski definition) is 4. The molecule has 0 atom stereocenters. The topological polar surface area (TPSA) is 88.1 Å². The summed E-state index contributed by atoms with van der Waals surface area (Å²) in [6.07, 6.45) is 1.55. The van der Waals surface area contributed by atoms with Crippen LogP contribution in [0.4, 0.5) is 5.69 Å². The number of carbonyl (C=O) groups excluding carboxylic acids is 1. The fourth-order valence-electron chi connectivity index (χ4n) is 3.48. The zero-order chi connectivity index (χ0) is 23.3. The summed E-state index contributed by atoms with van der Waals surface area (Å²) < 4.78 is 34.9. The van der Waals surface area contributed by atoms with Gasteiger partial charge in [0, 0.05) is 31.3 Å². The highest BCUT2D eigenvalue weighted by atomic mass is 32.2. The highest BCUT2D eigenvalue weighted by Crippen LogP contribution is 2.21. The molecule has 7 nitrogen and oxygen atoms in total. The molecule has 0 radical (unpaired) electrons. The Balaban J connectivity index is 1.40. The summed E-state index contributed by atoms with van der Waals surface area (Å²) in [4.78, 5) is 14.6. The molecule has 1 N–H and O–H groups in total. The Hall–Kier alpha value is -3.65. The summed E-state index contributed by atoms with van der Waals surface area (Å²) in [5, 5.41) is 2.78. The maximum atomic E-state index is 12.7. The van der Waals surface area contributed by atoms with E-state index in [9.17, 15) is 13.2 Å². The molecule has 0 unspecified atom stereocenters. The van der Waals surface area contributed by atoms with E-state index in [2.05, 4.69) is 9.71 Å². The zero-order valence-corrected chi connectivity index (χ0v) is 19.1. The van der Waals surface area contributed by atoms with Crippen molar-refractivity contribution in [3.8, 4) is 5.75 Å². The van der Waals surface area contributed by atoms with Crippen molar-refractivity contribution < 1.29 is 17.9 Å². The van der Waals surface area contributed by atoms with Crippen molar-refractivity contribution in [2.24, 2.45) is 4.40 Å². The van der Waals surface area contributed by atoms with Crippen LogP contribution in [0.3, 0.4) is 0 Å². The molecule has 4 rings (SSSR count). The van der Waals surface area contributed by atoms with E-state index in [0.29, 0.717) is 35.9 Å². The molecule has 1 aliphatic rings. The highest BCUT2D eigenvalue weighted by molar-refractivity contribution is 7.90. The Morgan fingerprint density at radius 1 is 1.03 bits per heavy atom. The fourth-order valence-corrected chi connectivity index (χ4v) is 4.58. The summed E-state index contributed by atoms with van der Waals surface area (Å²) in [5.74, 6) is 0.842. The Kier molecular flexibility index (Phi) is 6.74. The lowest BCUT2D eigenvalue weighted by Gasteiger charge is -2.11. The van der Waals surface area contributed by atoms with Crippen LogP contribution < -0.4 is 10.1 Å². The molecular weight excluding hydrogens is 438 g/mol. The Morgan fingerprint density at radius 2 is 1.79 bits per heavy atom. The van der Waals surface area contributed by atoms with Crippen molar-refractivity contribution in [1.29, 1.82) is 0 Å². The van der Waals surface area contributed by atoms with E-state index in [0.717, 1.165) is 18.5 Å². The molecule has 33 heavy (non-hydrogen) atoms. The number of ether oxygens (including phenoxy) is 1. The van der Waals surface area contributed by atoms with Crippen molar-refractivity contribution in [2.45, 2.75) is 24.3 Å². The largest absolute Gasteiger partial charge is 0.489 e. The molecule has 1 fully saturated rings. The summed E-state index contributed by atoms with van der Waals surface area (Å²) in [6, 6.07) is 22.7. The first kappa shape index (κ1) is 22.5. The molecular formula is C25H25N3O4S. The lowest BCUT2D eigenvalue weighted by Crippen LogP contribution is -2.20. The molecule has 0 saturated carbocycles. The van der Waals surface area contributed by atoms with Gasteiger partial charge in [-0.15, -0.1) is 4.40 Å². The number of amides is 1. The predicted molar refractivity (Wildman–Crippen MR) is 128 cm³/mol. The first-order valence-corrected chi connectivity index (χ1v) is 12.1. The lowest BCUT2D eigenvalue weighted by molar-refractivity contribution is 0.102. The quantitative estimate of drug-likeness (QED) is 0.563. The number of carbonyl (C=O) groups is 1. The third kappa shape index (κ3) is 5.78. The van der Waals surface area contributed by atoms with Gasteiger partial charge in [0.2, 0.25) is 0 Å². The lowest BCUT2D eigenvalue weighted by atomic mass is 10.2. The van der Waals surface area contributed by atoms with Gasteiger partial charge in [-0.1, -0.05) is 36.4 Å². The average Bonchev–Trinajstić information content (AvgIpc) is 3.22. The first-order valence-electron chi connectivity index (χ1n) is 10.6. The molecule has 0 aromatic heterocycles. The summed E-state index contributed by atoms with van der Waals surface area (Å²) in [7, 11) is -1.96. The standard InChI is InChI=1S/C25H25N3O4S/c1-28-16-6-11-24(28)27-33(30,31)23-14-12-21(13-15-23)26-25(29)20-9-5-10-22(17-20)32-18-19-7-3-2-4-8-19/h2-5,7-10,12-15,17H,6,11,16,18H2,1H3,(H,26,29). The molecule has 1 heterocycles. The average molecular weight is 464 g/mol. The number of likely N-dealkylation sites (tertiary alicyclic amines) is 1. The van der Waals surface area contributed by atoms with Crippen LogP contribution in [0.15, 0.2) is 88.2 Å². The van der Waals surface area contributed by atoms with Crippen LogP contribution in [0.2, 0.25) is 0 Å².